The number of ether oxygens (including phenoxy) is 1. The highest BCUT2D eigenvalue weighted by Crippen LogP contribution is 2.29. The van der Waals surface area contributed by atoms with Gasteiger partial charge < -0.3 is 10.5 Å². The smallest absolute Gasteiger partial charge is 0.182 e. The molecule has 2 aromatic rings. The van der Waals surface area contributed by atoms with E-state index in [4.69, 9.17) is 10.5 Å². The quantitative estimate of drug-likeness (QED) is 0.856. The zero-order valence-electron chi connectivity index (χ0n) is 11.7. The fourth-order valence-corrected chi connectivity index (χ4v) is 1.79. The molecule has 102 valence electrons. The molecule has 0 atom stereocenters. The molecule has 1 aromatic heterocycles. The molecule has 0 amide bonds. The Balaban J connectivity index is 2.43. The number of nitrogen functional groups attached to an aromatic ring is 1. The maximum Gasteiger partial charge on any atom is 0.182 e. The molecule has 0 aliphatic rings. The molecule has 19 heavy (non-hydrogen) atoms. The van der Waals surface area contributed by atoms with Gasteiger partial charge in [0, 0.05) is 5.56 Å². The van der Waals surface area contributed by atoms with E-state index >= 15 is 0 Å². The van der Waals surface area contributed by atoms with Crippen LogP contribution in [0.25, 0.3) is 11.4 Å². The number of rotatable bonds is 3. The van der Waals surface area contributed by atoms with Crippen LogP contribution in [-0.2, 0) is 5.54 Å². The summed E-state index contributed by atoms with van der Waals surface area (Å²) in [6.45, 7) is 8.65. The van der Waals surface area contributed by atoms with Gasteiger partial charge in [-0.15, -0.1) is 5.10 Å². The van der Waals surface area contributed by atoms with E-state index in [1.165, 1.54) is 0 Å². The third kappa shape index (κ3) is 2.67. The lowest BCUT2D eigenvalue weighted by atomic mass is 10.1. The van der Waals surface area contributed by atoms with Crippen molar-refractivity contribution in [3.05, 3.63) is 18.2 Å². The molecule has 0 unspecified atom stereocenters. The summed E-state index contributed by atoms with van der Waals surface area (Å²) in [7, 11) is 0. The Kier molecular flexibility index (Phi) is 3.42. The monoisotopic (exact) mass is 261 g/mol. The predicted octanol–water partition coefficient (Wildman–Crippen LogP) is 2.08. The van der Waals surface area contributed by atoms with Crippen molar-refractivity contribution in [2.45, 2.75) is 33.2 Å². The number of nitrogens with two attached hydrogens (primary N) is 1. The Hall–Kier alpha value is -2.11. The van der Waals surface area contributed by atoms with Gasteiger partial charge >= 0.3 is 0 Å². The summed E-state index contributed by atoms with van der Waals surface area (Å²) in [5, 5.41) is 11.9. The van der Waals surface area contributed by atoms with E-state index in [1.54, 1.807) is 4.68 Å². The van der Waals surface area contributed by atoms with E-state index in [2.05, 4.69) is 15.5 Å². The van der Waals surface area contributed by atoms with Gasteiger partial charge in [-0.1, -0.05) is 0 Å². The topological polar surface area (TPSA) is 78.9 Å². The third-order valence-electron chi connectivity index (χ3n) is 2.67. The summed E-state index contributed by atoms with van der Waals surface area (Å²) < 4.78 is 7.20. The van der Waals surface area contributed by atoms with Gasteiger partial charge in [0.2, 0.25) is 0 Å². The van der Waals surface area contributed by atoms with Gasteiger partial charge in [0.05, 0.1) is 17.8 Å². The molecule has 0 saturated carbocycles. The molecule has 0 fully saturated rings. The average Bonchev–Trinajstić information content (AvgIpc) is 2.80. The van der Waals surface area contributed by atoms with Crippen LogP contribution in [0, 0.1) is 0 Å². The molecule has 0 aliphatic carbocycles. The molecule has 2 N–H and O–H groups in total. The number of tetrazole rings is 1. The van der Waals surface area contributed by atoms with Crippen LogP contribution in [0.3, 0.4) is 0 Å². The minimum Gasteiger partial charge on any atom is -0.492 e. The minimum absolute atomic E-state index is 0.188. The van der Waals surface area contributed by atoms with Gasteiger partial charge in [-0.2, -0.15) is 0 Å². The molecule has 1 aromatic carbocycles. The fourth-order valence-electron chi connectivity index (χ4n) is 1.79. The van der Waals surface area contributed by atoms with Crippen molar-refractivity contribution in [3.8, 4) is 17.1 Å². The number of hydrogen-bond acceptors (Lipinski definition) is 5. The minimum atomic E-state index is -0.188. The van der Waals surface area contributed by atoms with Gasteiger partial charge in [0.25, 0.3) is 0 Å². The molecule has 0 aliphatic heterocycles. The number of nitrogens with zero attached hydrogens (tertiary/aromatic N) is 4. The highest BCUT2D eigenvalue weighted by molar-refractivity contribution is 5.66. The average molecular weight is 261 g/mol. The summed E-state index contributed by atoms with van der Waals surface area (Å²) in [6.07, 6.45) is 0. The van der Waals surface area contributed by atoms with Crippen LogP contribution in [0.2, 0.25) is 0 Å². The van der Waals surface area contributed by atoms with Crippen molar-refractivity contribution in [1.82, 2.24) is 20.2 Å². The van der Waals surface area contributed by atoms with Crippen molar-refractivity contribution in [2.75, 3.05) is 12.3 Å². The molecule has 1 heterocycles. The van der Waals surface area contributed by atoms with Crippen molar-refractivity contribution in [1.29, 1.82) is 0 Å². The van der Waals surface area contributed by atoms with Crippen LogP contribution < -0.4 is 10.5 Å². The molecule has 0 bridgehead atoms. The van der Waals surface area contributed by atoms with Gasteiger partial charge in [0.15, 0.2) is 5.82 Å². The summed E-state index contributed by atoms with van der Waals surface area (Å²) in [4.78, 5) is 0. The maximum atomic E-state index is 5.97. The second kappa shape index (κ2) is 4.87. The van der Waals surface area contributed by atoms with Gasteiger partial charge in [-0.05, 0) is 56.3 Å². The van der Waals surface area contributed by atoms with Crippen LogP contribution in [-0.4, -0.2) is 26.8 Å². The second-order valence-corrected chi connectivity index (χ2v) is 5.27. The SMILES string of the molecule is CCOc1ccc(-c2nnnn2C(C)(C)C)cc1N. The maximum absolute atomic E-state index is 5.97. The molecular formula is C13H19N5O. The first-order valence-corrected chi connectivity index (χ1v) is 6.25. The summed E-state index contributed by atoms with van der Waals surface area (Å²) in [6, 6.07) is 5.59. The fraction of sp³-hybridized carbons (Fsp3) is 0.462. The van der Waals surface area contributed by atoms with Crippen molar-refractivity contribution < 1.29 is 4.74 Å². The lowest BCUT2D eigenvalue weighted by Gasteiger charge is -2.20. The van der Waals surface area contributed by atoms with E-state index < -0.39 is 0 Å². The molecular weight excluding hydrogens is 242 g/mol. The van der Waals surface area contributed by atoms with E-state index in [9.17, 15) is 0 Å². The lowest BCUT2D eigenvalue weighted by Crippen LogP contribution is -2.24. The van der Waals surface area contributed by atoms with Gasteiger partial charge in [-0.3, -0.25) is 0 Å². The normalized spacial score (nSPS) is 11.6. The molecule has 6 heteroatoms. The molecule has 0 saturated heterocycles. The zero-order valence-corrected chi connectivity index (χ0v) is 11.7. The van der Waals surface area contributed by atoms with Crippen LogP contribution in [0.15, 0.2) is 18.2 Å². The Morgan fingerprint density at radius 3 is 2.63 bits per heavy atom. The number of benzene rings is 1. The second-order valence-electron chi connectivity index (χ2n) is 5.27. The van der Waals surface area contributed by atoms with E-state index in [0.717, 1.165) is 5.56 Å². The molecule has 2 rings (SSSR count). The number of anilines is 1. The van der Waals surface area contributed by atoms with Crippen LogP contribution in [0.5, 0.6) is 5.75 Å². The summed E-state index contributed by atoms with van der Waals surface area (Å²) in [5.41, 5.74) is 7.24. The highest BCUT2D eigenvalue weighted by Gasteiger charge is 2.21. The largest absolute Gasteiger partial charge is 0.492 e. The van der Waals surface area contributed by atoms with Crippen LogP contribution in [0.4, 0.5) is 5.69 Å². The Morgan fingerprint density at radius 1 is 1.32 bits per heavy atom. The van der Waals surface area contributed by atoms with Crippen molar-refractivity contribution >= 4 is 5.69 Å². The lowest BCUT2D eigenvalue weighted by molar-refractivity contribution is 0.342. The number of hydrogen-bond donors (Lipinski definition) is 1. The van der Waals surface area contributed by atoms with Gasteiger partial charge in [-0.25, -0.2) is 4.68 Å². The third-order valence-corrected chi connectivity index (χ3v) is 2.67. The van der Waals surface area contributed by atoms with Crippen molar-refractivity contribution in [3.63, 3.8) is 0 Å². The number of aromatic nitrogens is 4. The summed E-state index contributed by atoms with van der Waals surface area (Å²) in [5.74, 6) is 1.38. The van der Waals surface area contributed by atoms with Crippen molar-refractivity contribution in [2.24, 2.45) is 0 Å². The molecule has 6 nitrogen and oxygen atoms in total. The van der Waals surface area contributed by atoms with E-state index in [1.807, 2.05) is 45.9 Å². The first kappa shape index (κ1) is 13.3. The van der Waals surface area contributed by atoms with E-state index in [0.29, 0.717) is 23.9 Å². The highest BCUT2D eigenvalue weighted by atomic mass is 16.5. The predicted molar refractivity (Wildman–Crippen MR) is 73.8 cm³/mol. The Morgan fingerprint density at radius 2 is 2.05 bits per heavy atom. The molecule has 0 radical (unpaired) electrons. The summed E-state index contributed by atoms with van der Waals surface area (Å²) >= 11 is 0. The Labute approximate surface area is 112 Å². The van der Waals surface area contributed by atoms with Gasteiger partial charge in [0.1, 0.15) is 5.75 Å². The van der Waals surface area contributed by atoms with E-state index in [-0.39, 0.29) is 5.54 Å². The van der Waals surface area contributed by atoms with Crippen LogP contribution >= 0.6 is 0 Å². The molecule has 0 spiro atoms. The zero-order chi connectivity index (χ0) is 14.0. The standard InChI is InChI=1S/C13H19N5O/c1-5-19-11-7-6-9(8-10(11)14)12-15-16-17-18(12)13(2,3)4/h6-8H,5,14H2,1-4H3. The van der Waals surface area contributed by atoms with Crippen LogP contribution in [0.1, 0.15) is 27.7 Å². The first-order chi connectivity index (χ1) is 8.93. The Bertz CT molecular complexity index is 571. The first-order valence-electron chi connectivity index (χ1n) is 6.25.